The van der Waals surface area contributed by atoms with Crippen LogP contribution in [-0.4, -0.2) is 20.2 Å². The summed E-state index contributed by atoms with van der Waals surface area (Å²) < 4.78 is 19.3. The average Bonchev–Trinajstić information content (AvgIpc) is 2.55. The van der Waals surface area contributed by atoms with Gasteiger partial charge in [-0.05, 0) is 13.5 Å². The standard InChI is InChI=1S/C11H16FNOS/c1-3-7-10-8(6-13-2)14-5-4-9(10)15-11(7)12/h8,13H,3-6H2,1-2H3. The zero-order valence-electron chi connectivity index (χ0n) is 9.10. The Morgan fingerprint density at radius 2 is 2.40 bits per heavy atom. The van der Waals surface area contributed by atoms with Crippen molar-refractivity contribution >= 4 is 11.3 Å². The van der Waals surface area contributed by atoms with E-state index in [0.29, 0.717) is 6.61 Å². The van der Waals surface area contributed by atoms with Gasteiger partial charge in [-0.15, -0.1) is 11.3 Å². The molecular formula is C11H16FNOS. The maximum atomic E-state index is 13.6. The van der Waals surface area contributed by atoms with Gasteiger partial charge in [0.1, 0.15) is 0 Å². The van der Waals surface area contributed by atoms with Crippen LogP contribution in [0.25, 0.3) is 0 Å². The summed E-state index contributed by atoms with van der Waals surface area (Å²) in [7, 11) is 1.89. The first-order valence-corrected chi connectivity index (χ1v) is 6.15. The van der Waals surface area contributed by atoms with E-state index in [-0.39, 0.29) is 11.2 Å². The molecule has 0 fully saturated rings. The molecule has 0 bridgehead atoms. The Kier molecular flexibility index (Phi) is 3.38. The fourth-order valence-corrected chi connectivity index (χ4v) is 3.26. The lowest BCUT2D eigenvalue weighted by Crippen LogP contribution is -2.25. The number of rotatable bonds is 3. The van der Waals surface area contributed by atoms with Gasteiger partial charge in [0.15, 0.2) is 5.13 Å². The number of ether oxygens (including phenoxy) is 1. The second-order valence-corrected chi connectivity index (χ2v) is 4.77. The van der Waals surface area contributed by atoms with Gasteiger partial charge in [-0.3, -0.25) is 0 Å². The van der Waals surface area contributed by atoms with Crippen molar-refractivity contribution in [2.24, 2.45) is 0 Å². The van der Waals surface area contributed by atoms with Crippen LogP contribution in [0.15, 0.2) is 0 Å². The molecule has 15 heavy (non-hydrogen) atoms. The smallest absolute Gasteiger partial charge is 0.180 e. The lowest BCUT2D eigenvalue weighted by Gasteiger charge is -2.24. The number of hydrogen-bond acceptors (Lipinski definition) is 3. The van der Waals surface area contributed by atoms with E-state index in [1.165, 1.54) is 16.2 Å². The normalized spacial score (nSPS) is 20.3. The number of halogens is 1. The van der Waals surface area contributed by atoms with Crippen molar-refractivity contribution in [1.29, 1.82) is 0 Å². The number of likely N-dealkylation sites (N-methyl/N-ethyl adjacent to an activating group) is 1. The van der Waals surface area contributed by atoms with E-state index in [2.05, 4.69) is 5.32 Å². The van der Waals surface area contributed by atoms with Crippen molar-refractivity contribution in [2.45, 2.75) is 25.9 Å². The molecule has 4 heteroatoms. The van der Waals surface area contributed by atoms with Crippen molar-refractivity contribution in [1.82, 2.24) is 5.32 Å². The van der Waals surface area contributed by atoms with Gasteiger partial charge in [0.2, 0.25) is 0 Å². The van der Waals surface area contributed by atoms with Gasteiger partial charge < -0.3 is 10.1 Å². The van der Waals surface area contributed by atoms with Crippen LogP contribution < -0.4 is 5.32 Å². The topological polar surface area (TPSA) is 21.3 Å². The highest BCUT2D eigenvalue weighted by molar-refractivity contribution is 7.10. The number of fused-ring (bicyclic) bond motifs is 1. The van der Waals surface area contributed by atoms with Gasteiger partial charge >= 0.3 is 0 Å². The minimum absolute atomic E-state index is 0.0193. The fourth-order valence-electron chi connectivity index (χ4n) is 2.11. The fraction of sp³-hybridized carbons (Fsp3) is 0.636. The van der Waals surface area contributed by atoms with Gasteiger partial charge in [-0.1, -0.05) is 6.92 Å². The Bertz CT molecular complexity index is 351. The highest BCUT2D eigenvalue weighted by Gasteiger charge is 2.27. The van der Waals surface area contributed by atoms with Crippen molar-refractivity contribution in [3.63, 3.8) is 0 Å². The van der Waals surface area contributed by atoms with Crippen LogP contribution in [0.5, 0.6) is 0 Å². The summed E-state index contributed by atoms with van der Waals surface area (Å²) in [6.07, 6.45) is 1.65. The van der Waals surface area contributed by atoms with Gasteiger partial charge in [-0.2, -0.15) is 4.39 Å². The Hall–Kier alpha value is -0.450. The van der Waals surface area contributed by atoms with E-state index in [4.69, 9.17) is 4.74 Å². The molecular weight excluding hydrogens is 213 g/mol. The zero-order chi connectivity index (χ0) is 10.8. The van der Waals surface area contributed by atoms with Gasteiger partial charge in [0, 0.05) is 29.0 Å². The summed E-state index contributed by atoms with van der Waals surface area (Å²) >= 11 is 1.30. The van der Waals surface area contributed by atoms with Gasteiger partial charge in [0.25, 0.3) is 0 Å². The third-order valence-electron chi connectivity index (χ3n) is 2.79. The van der Waals surface area contributed by atoms with E-state index < -0.39 is 0 Å². The lowest BCUT2D eigenvalue weighted by atomic mass is 9.99. The molecule has 2 nitrogen and oxygen atoms in total. The number of hydrogen-bond donors (Lipinski definition) is 1. The monoisotopic (exact) mass is 229 g/mol. The van der Waals surface area contributed by atoms with Crippen LogP contribution in [0.1, 0.15) is 29.0 Å². The summed E-state index contributed by atoms with van der Waals surface area (Å²) in [6.45, 7) is 3.47. The van der Waals surface area contributed by atoms with E-state index >= 15 is 0 Å². The largest absolute Gasteiger partial charge is 0.372 e. The summed E-state index contributed by atoms with van der Waals surface area (Å²) in [5.74, 6) is 0. The summed E-state index contributed by atoms with van der Waals surface area (Å²) in [6, 6.07) is 0. The predicted octanol–water partition coefficient (Wildman–Crippen LogP) is 2.28. The second-order valence-electron chi connectivity index (χ2n) is 3.71. The van der Waals surface area contributed by atoms with E-state index in [1.54, 1.807) is 0 Å². The van der Waals surface area contributed by atoms with E-state index in [1.807, 2.05) is 14.0 Å². The second kappa shape index (κ2) is 4.60. The molecule has 1 atom stereocenters. The van der Waals surface area contributed by atoms with Crippen LogP contribution in [-0.2, 0) is 17.6 Å². The van der Waals surface area contributed by atoms with Crippen molar-refractivity contribution in [3.8, 4) is 0 Å². The molecule has 1 unspecified atom stereocenters. The Morgan fingerprint density at radius 3 is 3.07 bits per heavy atom. The van der Waals surface area contributed by atoms with Gasteiger partial charge in [0.05, 0.1) is 12.7 Å². The molecule has 0 radical (unpaired) electrons. The third kappa shape index (κ3) is 1.94. The Morgan fingerprint density at radius 1 is 1.60 bits per heavy atom. The predicted molar refractivity (Wildman–Crippen MR) is 60.0 cm³/mol. The van der Waals surface area contributed by atoms with E-state index in [0.717, 1.165) is 30.5 Å². The summed E-state index contributed by atoms with van der Waals surface area (Å²) in [5, 5.41) is 3.08. The molecule has 0 spiro atoms. The minimum atomic E-state index is -0.0193. The highest BCUT2D eigenvalue weighted by Crippen LogP contribution is 2.37. The quantitative estimate of drug-likeness (QED) is 0.858. The molecule has 2 rings (SSSR count). The molecule has 1 aromatic rings. The average molecular weight is 229 g/mol. The maximum absolute atomic E-state index is 13.6. The Balaban J connectivity index is 2.39. The first-order chi connectivity index (χ1) is 7.27. The minimum Gasteiger partial charge on any atom is -0.372 e. The maximum Gasteiger partial charge on any atom is 0.180 e. The first-order valence-electron chi connectivity index (χ1n) is 5.34. The molecule has 1 aliphatic heterocycles. The van der Waals surface area contributed by atoms with Crippen molar-refractivity contribution < 1.29 is 9.13 Å². The van der Waals surface area contributed by atoms with Crippen LogP contribution in [0.4, 0.5) is 4.39 Å². The zero-order valence-corrected chi connectivity index (χ0v) is 9.92. The van der Waals surface area contributed by atoms with Crippen LogP contribution in [0.3, 0.4) is 0 Å². The summed E-state index contributed by atoms with van der Waals surface area (Å²) in [4.78, 5) is 1.18. The van der Waals surface area contributed by atoms with Crippen LogP contribution in [0, 0.1) is 5.13 Å². The van der Waals surface area contributed by atoms with Crippen molar-refractivity contribution in [2.75, 3.05) is 20.2 Å². The molecule has 0 saturated heterocycles. The molecule has 0 aliphatic carbocycles. The first kappa shape index (κ1) is 11.0. The Labute approximate surface area is 93.4 Å². The molecule has 2 heterocycles. The molecule has 0 saturated carbocycles. The molecule has 1 aliphatic rings. The van der Waals surface area contributed by atoms with Crippen molar-refractivity contribution in [3.05, 3.63) is 21.1 Å². The number of thiophene rings is 1. The molecule has 0 amide bonds. The summed E-state index contributed by atoms with van der Waals surface area (Å²) in [5.41, 5.74) is 1.97. The third-order valence-corrected chi connectivity index (χ3v) is 3.88. The van der Waals surface area contributed by atoms with Crippen LogP contribution in [0.2, 0.25) is 0 Å². The lowest BCUT2D eigenvalue weighted by molar-refractivity contribution is 0.0444. The molecule has 1 aromatic heterocycles. The SMILES string of the molecule is CCc1c(F)sc2c1C(CNC)OCC2. The van der Waals surface area contributed by atoms with Crippen LogP contribution >= 0.6 is 11.3 Å². The number of nitrogens with one attached hydrogen (secondary N) is 1. The molecule has 1 N–H and O–H groups in total. The van der Waals surface area contributed by atoms with Gasteiger partial charge in [-0.25, -0.2) is 0 Å². The van der Waals surface area contributed by atoms with E-state index in [9.17, 15) is 4.39 Å². The molecule has 0 aromatic carbocycles. The highest BCUT2D eigenvalue weighted by atomic mass is 32.1. The molecule has 84 valence electrons.